The molecule has 5 heteroatoms. The molecule has 0 aliphatic heterocycles. The molecule has 18 heavy (non-hydrogen) atoms. The minimum atomic E-state index is -4.64. The highest BCUT2D eigenvalue weighted by molar-refractivity contribution is 5.33. The second kappa shape index (κ2) is 6.64. The molecule has 0 heterocycles. The molecule has 0 saturated heterocycles. The minimum absolute atomic E-state index is 0.103. The van der Waals surface area contributed by atoms with Gasteiger partial charge in [0.1, 0.15) is 5.75 Å². The maximum Gasteiger partial charge on any atom is 0.573 e. The molecular formula is C13H18F3NO. The summed E-state index contributed by atoms with van der Waals surface area (Å²) in [5, 5.41) is 3.17. The van der Waals surface area contributed by atoms with Crippen molar-refractivity contribution in [3.63, 3.8) is 0 Å². The number of benzene rings is 1. The van der Waals surface area contributed by atoms with Crippen molar-refractivity contribution >= 4 is 0 Å². The average Bonchev–Trinajstić information content (AvgIpc) is 2.27. The van der Waals surface area contributed by atoms with Crippen LogP contribution in [-0.2, 0) is 6.42 Å². The number of hydrogen-bond acceptors (Lipinski definition) is 2. The highest BCUT2D eigenvalue weighted by Crippen LogP contribution is 2.27. The Morgan fingerprint density at radius 2 is 1.94 bits per heavy atom. The van der Waals surface area contributed by atoms with E-state index in [1.54, 1.807) is 18.2 Å². The fraction of sp³-hybridized carbons (Fsp3) is 0.538. The minimum Gasteiger partial charge on any atom is -0.406 e. The van der Waals surface area contributed by atoms with Gasteiger partial charge >= 0.3 is 6.36 Å². The van der Waals surface area contributed by atoms with E-state index in [1.165, 1.54) is 6.07 Å². The number of nitrogens with one attached hydrogen (secondary N) is 1. The van der Waals surface area contributed by atoms with Gasteiger partial charge in [-0.2, -0.15) is 0 Å². The van der Waals surface area contributed by atoms with Crippen LogP contribution in [0.15, 0.2) is 24.3 Å². The van der Waals surface area contributed by atoms with Crippen LogP contribution in [0.25, 0.3) is 0 Å². The molecule has 0 radical (unpaired) electrons. The summed E-state index contributed by atoms with van der Waals surface area (Å²) in [5.41, 5.74) is 0.584. The van der Waals surface area contributed by atoms with Crippen molar-refractivity contribution in [3.05, 3.63) is 29.8 Å². The first-order chi connectivity index (χ1) is 8.42. The zero-order valence-electron chi connectivity index (χ0n) is 10.6. The normalized spacial score (nSPS) is 13.4. The topological polar surface area (TPSA) is 21.3 Å². The number of halogens is 3. The monoisotopic (exact) mass is 261 g/mol. The van der Waals surface area contributed by atoms with E-state index in [9.17, 15) is 13.2 Å². The molecule has 0 bridgehead atoms. The van der Waals surface area contributed by atoms with E-state index in [-0.39, 0.29) is 11.7 Å². The summed E-state index contributed by atoms with van der Waals surface area (Å²) in [4.78, 5) is 0. The second-order valence-electron chi connectivity index (χ2n) is 4.27. The molecule has 1 N–H and O–H groups in total. The third kappa shape index (κ3) is 5.40. The Kier molecular flexibility index (Phi) is 5.47. The van der Waals surface area contributed by atoms with Crippen molar-refractivity contribution in [3.8, 4) is 5.75 Å². The number of alkyl halides is 3. The quantitative estimate of drug-likeness (QED) is 0.847. The molecule has 1 aromatic rings. The fourth-order valence-electron chi connectivity index (χ4n) is 1.74. The van der Waals surface area contributed by atoms with Crippen LogP contribution in [0.4, 0.5) is 13.2 Å². The van der Waals surface area contributed by atoms with E-state index in [2.05, 4.69) is 10.1 Å². The first-order valence-corrected chi connectivity index (χ1v) is 5.96. The van der Waals surface area contributed by atoms with E-state index in [0.717, 1.165) is 13.1 Å². The Balaban J connectivity index is 2.70. The molecule has 0 aromatic heterocycles. The fourth-order valence-corrected chi connectivity index (χ4v) is 1.74. The Hall–Kier alpha value is -1.23. The lowest BCUT2D eigenvalue weighted by molar-refractivity contribution is -0.274. The Labute approximate surface area is 105 Å². The van der Waals surface area contributed by atoms with Gasteiger partial charge in [0.05, 0.1) is 0 Å². The van der Waals surface area contributed by atoms with Crippen LogP contribution in [0.5, 0.6) is 5.75 Å². The van der Waals surface area contributed by atoms with Crippen molar-refractivity contribution in [2.45, 2.75) is 26.6 Å². The van der Waals surface area contributed by atoms with Gasteiger partial charge in [-0.1, -0.05) is 32.0 Å². The highest BCUT2D eigenvalue weighted by Gasteiger charge is 2.32. The van der Waals surface area contributed by atoms with E-state index in [0.29, 0.717) is 12.0 Å². The SMILES string of the molecule is CCNCC(C)Cc1ccccc1OC(F)(F)F. The van der Waals surface area contributed by atoms with E-state index in [1.807, 2.05) is 13.8 Å². The molecule has 2 nitrogen and oxygen atoms in total. The van der Waals surface area contributed by atoms with Crippen LogP contribution >= 0.6 is 0 Å². The zero-order valence-corrected chi connectivity index (χ0v) is 10.6. The maximum absolute atomic E-state index is 12.2. The van der Waals surface area contributed by atoms with Gasteiger partial charge in [-0.05, 0) is 37.1 Å². The first-order valence-electron chi connectivity index (χ1n) is 5.96. The Bertz CT molecular complexity index is 365. The van der Waals surface area contributed by atoms with Crippen LogP contribution in [0.1, 0.15) is 19.4 Å². The van der Waals surface area contributed by atoms with Gasteiger partial charge in [0.2, 0.25) is 0 Å². The molecule has 1 rings (SSSR count). The first kappa shape index (κ1) is 14.8. The lowest BCUT2D eigenvalue weighted by Crippen LogP contribution is -2.23. The molecular weight excluding hydrogens is 243 g/mol. The molecule has 0 aliphatic rings. The van der Waals surface area contributed by atoms with E-state index >= 15 is 0 Å². The van der Waals surface area contributed by atoms with Gasteiger partial charge < -0.3 is 10.1 Å². The van der Waals surface area contributed by atoms with Crippen molar-refractivity contribution in [1.29, 1.82) is 0 Å². The second-order valence-corrected chi connectivity index (χ2v) is 4.27. The predicted octanol–water partition coefficient (Wildman–Crippen LogP) is 3.37. The summed E-state index contributed by atoms with van der Waals surface area (Å²) in [6.45, 7) is 5.61. The van der Waals surface area contributed by atoms with Gasteiger partial charge in [0, 0.05) is 0 Å². The third-order valence-electron chi connectivity index (χ3n) is 2.51. The predicted molar refractivity (Wildman–Crippen MR) is 64.5 cm³/mol. The van der Waals surface area contributed by atoms with Gasteiger partial charge in [-0.3, -0.25) is 0 Å². The van der Waals surface area contributed by atoms with E-state index in [4.69, 9.17) is 0 Å². The molecule has 1 unspecified atom stereocenters. The number of ether oxygens (including phenoxy) is 1. The average molecular weight is 261 g/mol. The molecule has 0 amide bonds. The van der Waals surface area contributed by atoms with Crippen molar-refractivity contribution in [2.24, 2.45) is 5.92 Å². The number of rotatable bonds is 6. The van der Waals surface area contributed by atoms with E-state index < -0.39 is 6.36 Å². The molecule has 0 spiro atoms. The Morgan fingerprint density at radius 1 is 1.28 bits per heavy atom. The van der Waals surface area contributed by atoms with Crippen LogP contribution in [-0.4, -0.2) is 19.5 Å². The largest absolute Gasteiger partial charge is 0.573 e. The molecule has 0 fully saturated rings. The smallest absolute Gasteiger partial charge is 0.406 e. The molecule has 102 valence electrons. The van der Waals surface area contributed by atoms with Crippen molar-refractivity contribution in [2.75, 3.05) is 13.1 Å². The molecule has 1 aromatic carbocycles. The molecule has 0 aliphatic carbocycles. The number of hydrogen-bond donors (Lipinski definition) is 1. The third-order valence-corrected chi connectivity index (χ3v) is 2.51. The van der Waals surface area contributed by atoms with Crippen LogP contribution in [0.3, 0.4) is 0 Å². The summed E-state index contributed by atoms with van der Waals surface area (Å²) in [5.74, 6) is 0.149. The Morgan fingerprint density at radius 3 is 2.56 bits per heavy atom. The molecule has 0 saturated carbocycles. The van der Waals surface area contributed by atoms with Crippen LogP contribution in [0.2, 0.25) is 0 Å². The standard InChI is InChI=1S/C13H18F3NO/c1-3-17-9-10(2)8-11-6-4-5-7-12(11)18-13(14,15)16/h4-7,10,17H,3,8-9H2,1-2H3. The van der Waals surface area contributed by atoms with Crippen molar-refractivity contribution < 1.29 is 17.9 Å². The summed E-state index contributed by atoms with van der Waals surface area (Å²) in [6, 6.07) is 6.28. The summed E-state index contributed by atoms with van der Waals surface area (Å²) in [6.07, 6.45) is -4.08. The lowest BCUT2D eigenvalue weighted by Gasteiger charge is -2.16. The van der Waals surface area contributed by atoms with Gasteiger partial charge in [-0.15, -0.1) is 13.2 Å². The summed E-state index contributed by atoms with van der Waals surface area (Å²) < 4.78 is 40.7. The highest BCUT2D eigenvalue weighted by atomic mass is 19.4. The summed E-state index contributed by atoms with van der Waals surface area (Å²) in [7, 11) is 0. The van der Waals surface area contributed by atoms with Gasteiger partial charge in [0.15, 0.2) is 0 Å². The van der Waals surface area contributed by atoms with Crippen LogP contribution in [0, 0.1) is 5.92 Å². The van der Waals surface area contributed by atoms with Crippen molar-refractivity contribution in [1.82, 2.24) is 5.32 Å². The van der Waals surface area contributed by atoms with Gasteiger partial charge in [0.25, 0.3) is 0 Å². The summed E-state index contributed by atoms with van der Waals surface area (Å²) >= 11 is 0. The lowest BCUT2D eigenvalue weighted by atomic mass is 10.0. The molecule has 1 atom stereocenters. The number of para-hydroxylation sites is 1. The zero-order chi connectivity index (χ0) is 13.6. The van der Waals surface area contributed by atoms with Crippen LogP contribution < -0.4 is 10.1 Å². The van der Waals surface area contributed by atoms with Gasteiger partial charge in [-0.25, -0.2) is 0 Å². The maximum atomic E-state index is 12.2.